The topological polar surface area (TPSA) is 64.3 Å². The SMILES string of the molecule is COCCN(CC(C)C)c1cc(Cl)nc(N)n1. The molecule has 0 bridgehead atoms. The fourth-order valence-electron chi connectivity index (χ4n) is 1.53. The van der Waals surface area contributed by atoms with Gasteiger partial charge in [0.15, 0.2) is 0 Å². The van der Waals surface area contributed by atoms with E-state index in [1.165, 1.54) is 0 Å². The molecule has 1 aromatic heterocycles. The van der Waals surface area contributed by atoms with E-state index in [4.69, 9.17) is 22.1 Å². The molecule has 6 heteroatoms. The zero-order valence-electron chi connectivity index (χ0n) is 10.5. The first-order valence-corrected chi connectivity index (χ1v) is 5.94. The molecule has 0 amide bonds. The first-order valence-electron chi connectivity index (χ1n) is 5.57. The Hall–Kier alpha value is -1.07. The van der Waals surface area contributed by atoms with Gasteiger partial charge in [0.25, 0.3) is 0 Å². The molecule has 0 aromatic carbocycles. The molecule has 0 atom stereocenters. The second kappa shape index (κ2) is 6.61. The Labute approximate surface area is 107 Å². The Morgan fingerprint density at radius 2 is 2.18 bits per heavy atom. The maximum absolute atomic E-state index is 5.88. The second-order valence-electron chi connectivity index (χ2n) is 4.24. The van der Waals surface area contributed by atoms with Crippen molar-refractivity contribution < 1.29 is 4.74 Å². The van der Waals surface area contributed by atoms with Crippen molar-refractivity contribution in [3.63, 3.8) is 0 Å². The number of nitrogens with zero attached hydrogens (tertiary/aromatic N) is 3. The summed E-state index contributed by atoms with van der Waals surface area (Å²) in [6.45, 7) is 6.55. The molecule has 0 saturated heterocycles. The summed E-state index contributed by atoms with van der Waals surface area (Å²) in [5.74, 6) is 1.45. The van der Waals surface area contributed by atoms with Crippen LogP contribution in [0.4, 0.5) is 11.8 Å². The highest BCUT2D eigenvalue weighted by Gasteiger charge is 2.11. The van der Waals surface area contributed by atoms with Crippen LogP contribution in [-0.2, 0) is 4.74 Å². The third-order valence-electron chi connectivity index (χ3n) is 2.17. The van der Waals surface area contributed by atoms with Crippen LogP contribution in [0.15, 0.2) is 6.07 Å². The van der Waals surface area contributed by atoms with Crippen LogP contribution in [0.25, 0.3) is 0 Å². The van der Waals surface area contributed by atoms with Crippen LogP contribution in [0, 0.1) is 5.92 Å². The lowest BCUT2D eigenvalue weighted by molar-refractivity contribution is 0.204. The highest BCUT2D eigenvalue weighted by atomic mass is 35.5. The molecule has 1 aromatic rings. The number of halogens is 1. The molecule has 96 valence electrons. The Bertz CT molecular complexity index is 339. The minimum absolute atomic E-state index is 0.193. The number of nitrogen functional groups attached to an aromatic ring is 1. The van der Waals surface area contributed by atoms with Crippen molar-refractivity contribution in [1.29, 1.82) is 0 Å². The molecule has 1 rings (SSSR count). The number of rotatable bonds is 6. The van der Waals surface area contributed by atoms with Crippen LogP contribution >= 0.6 is 11.6 Å². The van der Waals surface area contributed by atoms with Gasteiger partial charge >= 0.3 is 0 Å². The average molecular weight is 259 g/mol. The first-order chi connectivity index (χ1) is 8.02. The van der Waals surface area contributed by atoms with Gasteiger partial charge in [0, 0.05) is 26.3 Å². The maximum Gasteiger partial charge on any atom is 0.223 e. The Kier molecular flexibility index (Phi) is 5.44. The maximum atomic E-state index is 5.88. The summed E-state index contributed by atoms with van der Waals surface area (Å²) >= 11 is 5.88. The lowest BCUT2D eigenvalue weighted by Crippen LogP contribution is -2.31. The molecule has 0 aliphatic rings. The van der Waals surface area contributed by atoms with E-state index in [2.05, 4.69) is 28.7 Å². The van der Waals surface area contributed by atoms with Crippen LogP contribution in [0.1, 0.15) is 13.8 Å². The van der Waals surface area contributed by atoms with Crippen molar-refractivity contribution >= 4 is 23.4 Å². The molecule has 5 nitrogen and oxygen atoms in total. The van der Waals surface area contributed by atoms with E-state index >= 15 is 0 Å². The van der Waals surface area contributed by atoms with Gasteiger partial charge in [-0.25, -0.2) is 4.98 Å². The van der Waals surface area contributed by atoms with E-state index < -0.39 is 0 Å². The monoisotopic (exact) mass is 258 g/mol. The van der Waals surface area contributed by atoms with Crippen LogP contribution in [0.5, 0.6) is 0 Å². The van der Waals surface area contributed by atoms with Gasteiger partial charge < -0.3 is 15.4 Å². The second-order valence-corrected chi connectivity index (χ2v) is 4.63. The number of methoxy groups -OCH3 is 1. The van der Waals surface area contributed by atoms with Gasteiger partial charge in [-0.3, -0.25) is 0 Å². The van der Waals surface area contributed by atoms with Crippen molar-refractivity contribution in [1.82, 2.24) is 9.97 Å². The Balaban J connectivity index is 2.86. The van der Waals surface area contributed by atoms with Crippen LogP contribution in [0.3, 0.4) is 0 Å². The zero-order chi connectivity index (χ0) is 12.8. The van der Waals surface area contributed by atoms with E-state index in [0.717, 1.165) is 18.9 Å². The van der Waals surface area contributed by atoms with Crippen molar-refractivity contribution in [2.45, 2.75) is 13.8 Å². The summed E-state index contributed by atoms with van der Waals surface area (Å²) in [7, 11) is 1.68. The number of hydrogen-bond acceptors (Lipinski definition) is 5. The fraction of sp³-hybridized carbons (Fsp3) is 0.636. The molecule has 0 saturated carbocycles. The normalized spacial score (nSPS) is 10.9. The summed E-state index contributed by atoms with van der Waals surface area (Å²) in [6, 6.07) is 1.72. The summed E-state index contributed by atoms with van der Waals surface area (Å²) in [4.78, 5) is 10.1. The standard InChI is InChI=1S/C11H19ClN4O/c1-8(2)7-16(4-5-17-3)10-6-9(12)14-11(13)15-10/h6,8H,4-5,7H2,1-3H3,(H2,13,14,15). The van der Waals surface area contributed by atoms with E-state index in [0.29, 0.717) is 17.7 Å². The third-order valence-corrected chi connectivity index (χ3v) is 2.37. The van der Waals surface area contributed by atoms with Gasteiger partial charge in [-0.05, 0) is 5.92 Å². The molecule has 0 aliphatic carbocycles. The van der Waals surface area contributed by atoms with E-state index in [1.807, 2.05) is 0 Å². The lowest BCUT2D eigenvalue weighted by Gasteiger charge is -2.25. The molecular formula is C11H19ClN4O. The van der Waals surface area contributed by atoms with Crippen molar-refractivity contribution in [2.24, 2.45) is 5.92 Å². The average Bonchev–Trinajstić information content (AvgIpc) is 2.22. The van der Waals surface area contributed by atoms with Crippen molar-refractivity contribution in [2.75, 3.05) is 37.4 Å². The predicted molar refractivity (Wildman–Crippen MR) is 70.4 cm³/mol. The van der Waals surface area contributed by atoms with Gasteiger partial charge in [0.2, 0.25) is 5.95 Å². The van der Waals surface area contributed by atoms with Crippen LogP contribution in [-0.4, -0.2) is 36.8 Å². The number of nitrogens with two attached hydrogens (primary N) is 1. The van der Waals surface area contributed by atoms with E-state index in [-0.39, 0.29) is 5.95 Å². The fourth-order valence-corrected chi connectivity index (χ4v) is 1.71. The molecular weight excluding hydrogens is 240 g/mol. The van der Waals surface area contributed by atoms with Crippen LogP contribution < -0.4 is 10.6 Å². The number of anilines is 2. The molecule has 1 heterocycles. The van der Waals surface area contributed by atoms with Crippen molar-refractivity contribution in [3.05, 3.63) is 11.2 Å². The third kappa shape index (κ3) is 4.75. The molecule has 0 radical (unpaired) electrons. The largest absolute Gasteiger partial charge is 0.383 e. The molecule has 0 spiro atoms. The van der Waals surface area contributed by atoms with Gasteiger partial charge in [-0.15, -0.1) is 0 Å². The number of ether oxygens (including phenoxy) is 1. The highest BCUT2D eigenvalue weighted by molar-refractivity contribution is 6.29. The van der Waals surface area contributed by atoms with Crippen LogP contribution in [0.2, 0.25) is 5.15 Å². The summed E-state index contributed by atoms with van der Waals surface area (Å²) in [5.41, 5.74) is 5.59. The smallest absolute Gasteiger partial charge is 0.223 e. The molecule has 0 aliphatic heterocycles. The quantitative estimate of drug-likeness (QED) is 0.789. The van der Waals surface area contributed by atoms with Gasteiger partial charge in [-0.2, -0.15) is 4.98 Å². The minimum Gasteiger partial charge on any atom is -0.383 e. The number of hydrogen-bond donors (Lipinski definition) is 1. The predicted octanol–water partition coefficient (Wildman–Crippen LogP) is 1.82. The summed E-state index contributed by atoms with van der Waals surface area (Å²) in [6.07, 6.45) is 0. The Morgan fingerprint density at radius 3 is 2.71 bits per heavy atom. The van der Waals surface area contributed by atoms with E-state index in [1.54, 1.807) is 13.2 Å². The minimum atomic E-state index is 0.193. The molecule has 2 N–H and O–H groups in total. The summed E-state index contributed by atoms with van der Waals surface area (Å²) < 4.78 is 5.09. The zero-order valence-corrected chi connectivity index (χ0v) is 11.2. The summed E-state index contributed by atoms with van der Waals surface area (Å²) in [5, 5.41) is 0.360. The first kappa shape index (κ1) is 14.0. The van der Waals surface area contributed by atoms with Crippen molar-refractivity contribution in [3.8, 4) is 0 Å². The molecule has 17 heavy (non-hydrogen) atoms. The van der Waals surface area contributed by atoms with Gasteiger partial charge in [-0.1, -0.05) is 25.4 Å². The van der Waals surface area contributed by atoms with E-state index in [9.17, 15) is 0 Å². The molecule has 0 fully saturated rings. The van der Waals surface area contributed by atoms with Gasteiger partial charge in [0.1, 0.15) is 11.0 Å². The van der Waals surface area contributed by atoms with Gasteiger partial charge in [0.05, 0.1) is 6.61 Å². The number of aromatic nitrogens is 2. The Morgan fingerprint density at radius 1 is 1.47 bits per heavy atom. The molecule has 0 unspecified atom stereocenters. The highest BCUT2D eigenvalue weighted by Crippen LogP contribution is 2.18. The lowest BCUT2D eigenvalue weighted by atomic mass is 10.2.